The molecule has 0 radical (unpaired) electrons. The molecule has 0 fully saturated rings. The number of halogens is 2. The summed E-state index contributed by atoms with van der Waals surface area (Å²) in [5.41, 5.74) is 5.89. The number of carbonyl (C=O) groups excluding carboxylic acids is 1. The van der Waals surface area contributed by atoms with Crippen molar-refractivity contribution in [2.24, 2.45) is 11.7 Å². The third-order valence-electron chi connectivity index (χ3n) is 2.47. The van der Waals surface area contributed by atoms with E-state index in [1.54, 1.807) is 0 Å². The fourth-order valence-electron chi connectivity index (χ4n) is 1.30. The van der Waals surface area contributed by atoms with Crippen LogP contribution in [0.2, 0.25) is 5.02 Å². The number of hydrogen-bond acceptors (Lipinski definition) is 2. The number of amides is 1. The third kappa shape index (κ3) is 4.71. The number of benzene rings is 1. The molecule has 0 aliphatic heterocycles. The minimum atomic E-state index is -0.426. The zero-order valence-corrected chi connectivity index (χ0v) is 10.4. The molecule has 1 amide bonds. The summed E-state index contributed by atoms with van der Waals surface area (Å²) < 4.78 is 12.8. The van der Waals surface area contributed by atoms with Crippen LogP contribution in [-0.4, -0.2) is 12.5 Å². The van der Waals surface area contributed by atoms with Crippen LogP contribution in [0.3, 0.4) is 0 Å². The molecule has 1 rings (SSSR count). The Hall–Kier alpha value is -1.13. The zero-order chi connectivity index (χ0) is 12.8. The van der Waals surface area contributed by atoms with Gasteiger partial charge in [0.15, 0.2) is 0 Å². The van der Waals surface area contributed by atoms with Gasteiger partial charge in [-0.3, -0.25) is 4.79 Å². The quantitative estimate of drug-likeness (QED) is 0.853. The van der Waals surface area contributed by atoms with Gasteiger partial charge in [0.2, 0.25) is 5.91 Å². The molecule has 17 heavy (non-hydrogen) atoms. The molecular weight excluding hydrogens is 243 g/mol. The molecule has 0 saturated heterocycles. The van der Waals surface area contributed by atoms with Gasteiger partial charge in [-0.05, 0) is 37.1 Å². The van der Waals surface area contributed by atoms with Gasteiger partial charge in [0.1, 0.15) is 5.82 Å². The molecule has 0 bridgehead atoms. The van der Waals surface area contributed by atoms with Crippen molar-refractivity contribution in [3.63, 3.8) is 0 Å². The molecule has 0 saturated carbocycles. The molecule has 0 aromatic heterocycles. The van der Waals surface area contributed by atoms with Gasteiger partial charge in [-0.2, -0.15) is 0 Å². The molecular formula is C12H16ClFN2O. The van der Waals surface area contributed by atoms with Gasteiger partial charge >= 0.3 is 0 Å². The van der Waals surface area contributed by atoms with Crippen LogP contribution in [0.5, 0.6) is 0 Å². The van der Waals surface area contributed by atoms with E-state index in [0.717, 1.165) is 6.42 Å². The highest BCUT2D eigenvalue weighted by atomic mass is 35.5. The van der Waals surface area contributed by atoms with Crippen LogP contribution in [0, 0.1) is 11.7 Å². The van der Waals surface area contributed by atoms with Crippen LogP contribution in [0.15, 0.2) is 18.2 Å². The predicted octanol–water partition coefficient (Wildman–Crippen LogP) is 2.79. The standard InChI is InChI=1S/C12H16ClFN2O/c1-8(7-15)2-5-12(17)16-11-4-3-9(14)6-10(11)13/h3-4,6,8H,2,5,7,15H2,1H3,(H,16,17). The highest BCUT2D eigenvalue weighted by molar-refractivity contribution is 6.33. The van der Waals surface area contributed by atoms with Crippen LogP contribution in [0.1, 0.15) is 19.8 Å². The van der Waals surface area contributed by atoms with E-state index in [4.69, 9.17) is 17.3 Å². The van der Waals surface area contributed by atoms with Crippen molar-refractivity contribution in [1.29, 1.82) is 0 Å². The highest BCUT2D eigenvalue weighted by Gasteiger charge is 2.08. The summed E-state index contributed by atoms with van der Waals surface area (Å²) in [6.45, 7) is 2.54. The highest BCUT2D eigenvalue weighted by Crippen LogP contribution is 2.22. The second kappa shape index (κ2) is 6.57. The van der Waals surface area contributed by atoms with Gasteiger partial charge in [-0.25, -0.2) is 4.39 Å². The molecule has 5 heteroatoms. The molecule has 3 nitrogen and oxygen atoms in total. The Morgan fingerprint density at radius 1 is 1.59 bits per heavy atom. The Labute approximate surface area is 105 Å². The maximum absolute atomic E-state index is 12.8. The van der Waals surface area contributed by atoms with E-state index in [1.807, 2.05) is 6.92 Å². The van der Waals surface area contributed by atoms with Crippen molar-refractivity contribution >= 4 is 23.2 Å². The van der Waals surface area contributed by atoms with E-state index in [2.05, 4.69) is 5.32 Å². The van der Waals surface area contributed by atoms with Gasteiger partial charge in [0, 0.05) is 6.42 Å². The molecule has 94 valence electrons. The fourth-order valence-corrected chi connectivity index (χ4v) is 1.51. The van der Waals surface area contributed by atoms with Crippen molar-refractivity contribution in [3.05, 3.63) is 29.0 Å². The van der Waals surface area contributed by atoms with Gasteiger partial charge < -0.3 is 11.1 Å². The SMILES string of the molecule is CC(CN)CCC(=O)Nc1ccc(F)cc1Cl. The first kappa shape index (κ1) is 13.9. The monoisotopic (exact) mass is 258 g/mol. The number of anilines is 1. The smallest absolute Gasteiger partial charge is 0.224 e. The summed E-state index contributed by atoms with van der Waals surface area (Å²) in [5, 5.41) is 2.84. The summed E-state index contributed by atoms with van der Waals surface area (Å²) >= 11 is 5.79. The summed E-state index contributed by atoms with van der Waals surface area (Å²) in [7, 11) is 0. The normalized spacial score (nSPS) is 12.2. The molecule has 0 heterocycles. The van der Waals surface area contributed by atoms with Crippen molar-refractivity contribution in [2.45, 2.75) is 19.8 Å². The third-order valence-corrected chi connectivity index (χ3v) is 2.78. The second-order valence-corrected chi connectivity index (χ2v) is 4.46. The average molecular weight is 259 g/mol. The molecule has 3 N–H and O–H groups in total. The second-order valence-electron chi connectivity index (χ2n) is 4.05. The maximum atomic E-state index is 12.8. The lowest BCUT2D eigenvalue weighted by atomic mass is 10.1. The summed E-state index contributed by atoms with van der Waals surface area (Å²) in [5.74, 6) is -0.256. The Morgan fingerprint density at radius 2 is 2.29 bits per heavy atom. The average Bonchev–Trinajstić information content (AvgIpc) is 2.29. The Morgan fingerprint density at radius 3 is 2.88 bits per heavy atom. The van der Waals surface area contributed by atoms with Crippen molar-refractivity contribution in [1.82, 2.24) is 0 Å². The summed E-state index contributed by atoms with van der Waals surface area (Å²) in [4.78, 5) is 11.6. The van der Waals surface area contributed by atoms with E-state index in [0.29, 0.717) is 24.6 Å². The van der Waals surface area contributed by atoms with E-state index >= 15 is 0 Å². The molecule has 0 aliphatic carbocycles. The minimum absolute atomic E-state index is 0.140. The molecule has 1 unspecified atom stereocenters. The number of carbonyl (C=O) groups is 1. The van der Waals surface area contributed by atoms with Gasteiger partial charge in [0.25, 0.3) is 0 Å². The molecule has 1 aromatic carbocycles. The largest absolute Gasteiger partial charge is 0.330 e. The summed E-state index contributed by atoms with van der Waals surface area (Å²) in [6.07, 6.45) is 1.10. The van der Waals surface area contributed by atoms with Gasteiger partial charge in [-0.15, -0.1) is 0 Å². The van der Waals surface area contributed by atoms with Crippen LogP contribution in [-0.2, 0) is 4.79 Å². The molecule has 0 spiro atoms. The number of nitrogens with two attached hydrogens (primary N) is 1. The Kier molecular flexibility index (Phi) is 5.38. The van der Waals surface area contributed by atoms with Crippen LogP contribution < -0.4 is 11.1 Å². The lowest BCUT2D eigenvalue weighted by Crippen LogP contribution is -2.16. The lowest BCUT2D eigenvalue weighted by molar-refractivity contribution is -0.116. The zero-order valence-electron chi connectivity index (χ0n) is 9.67. The number of hydrogen-bond donors (Lipinski definition) is 2. The van der Waals surface area contributed by atoms with Crippen molar-refractivity contribution in [2.75, 3.05) is 11.9 Å². The van der Waals surface area contributed by atoms with Crippen molar-refractivity contribution in [3.8, 4) is 0 Å². The minimum Gasteiger partial charge on any atom is -0.330 e. The first-order chi connectivity index (χ1) is 8.02. The molecule has 0 aliphatic rings. The molecule has 1 atom stereocenters. The number of rotatable bonds is 5. The maximum Gasteiger partial charge on any atom is 0.224 e. The number of nitrogens with one attached hydrogen (secondary N) is 1. The fraction of sp³-hybridized carbons (Fsp3) is 0.417. The van der Waals surface area contributed by atoms with E-state index < -0.39 is 5.82 Å². The summed E-state index contributed by atoms with van der Waals surface area (Å²) in [6, 6.07) is 3.87. The van der Waals surface area contributed by atoms with Crippen molar-refractivity contribution < 1.29 is 9.18 Å². The lowest BCUT2D eigenvalue weighted by Gasteiger charge is -2.09. The van der Waals surface area contributed by atoms with Crippen LogP contribution in [0.25, 0.3) is 0 Å². The first-order valence-corrected chi connectivity index (χ1v) is 5.85. The van der Waals surface area contributed by atoms with E-state index in [9.17, 15) is 9.18 Å². The van der Waals surface area contributed by atoms with Crippen LogP contribution in [0.4, 0.5) is 10.1 Å². The Bertz CT molecular complexity index is 398. The predicted molar refractivity (Wildman–Crippen MR) is 67.5 cm³/mol. The van der Waals surface area contributed by atoms with E-state index in [1.165, 1.54) is 18.2 Å². The van der Waals surface area contributed by atoms with Gasteiger partial charge in [-0.1, -0.05) is 18.5 Å². The Balaban J connectivity index is 2.50. The van der Waals surface area contributed by atoms with E-state index in [-0.39, 0.29) is 10.9 Å². The van der Waals surface area contributed by atoms with Gasteiger partial charge in [0.05, 0.1) is 10.7 Å². The van der Waals surface area contributed by atoms with Crippen LogP contribution >= 0.6 is 11.6 Å². The molecule has 1 aromatic rings. The topological polar surface area (TPSA) is 55.1 Å². The first-order valence-electron chi connectivity index (χ1n) is 5.48.